The molecule has 0 atom stereocenters. The van der Waals surface area contributed by atoms with Crippen molar-refractivity contribution in [2.45, 2.75) is 13.1 Å². The number of furan rings is 1. The van der Waals surface area contributed by atoms with Gasteiger partial charge in [0.05, 0.1) is 24.9 Å². The Morgan fingerprint density at radius 3 is 2.58 bits per heavy atom. The topological polar surface area (TPSA) is 78.5 Å². The van der Waals surface area contributed by atoms with Gasteiger partial charge >= 0.3 is 0 Å². The number of hydrogen-bond acceptors (Lipinski definition) is 5. The largest absolute Gasteiger partial charge is 0.493 e. The fourth-order valence-electron chi connectivity index (χ4n) is 2.94. The summed E-state index contributed by atoms with van der Waals surface area (Å²) in [5, 5.41) is 7.48. The minimum absolute atomic E-state index is 0.240. The van der Waals surface area contributed by atoms with E-state index < -0.39 is 0 Å². The minimum atomic E-state index is -0.293. The van der Waals surface area contributed by atoms with Crippen molar-refractivity contribution < 1.29 is 18.7 Å². The van der Waals surface area contributed by atoms with Crippen LogP contribution in [0.25, 0.3) is 0 Å². The third-order valence-corrected chi connectivity index (χ3v) is 4.67. The van der Waals surface area contributed by atoms with Crippen molar-refractivity contribution >= 4 is 17.5 Å². The third-order valence-electron chi connectivity index (χ3n) is 4.48. The van der Waals surface area contributed by atoms with Crippen molar-refractivity contribution in [2.24, 2.45) is 0 Å². The van der Waals surface area contributed by atoms with E-state index in [1.54, 1.807) is 36.3 Å². The zero-order valence-electron chi connectivity index (χ0n) is 16.7. The Kier molecular flexibility index (Phi) is 6.24. The minimum Gasteiger partial charge on any atom is -0.493 e. The number of rotatable bonds is 8. The van der Waals surface area contributed by atoms with Gasteiger partial charge in [0.1, 0.15) is 11.5 Å². The van der Waals surface area contributed by atoms with Crippen LogP contribution in [-0.4, -0.2) is 22.8 Å². The second-order valence-corrected chi connectivity index (χ2v) is 7.14. The maximum atomic E-state index is 12.4. The van der Waals surface area contributed by atoms with Crippen LogP contribution >= 0.6 is 11.6 Å². The van der Waals surface area contributed by atoms with E-state index in [2.05, 4.69) is 10.4 Å². The van der Waals surface area contributed by atoms with Crippen molar-refractivity contribution in [1.82, 2.24) is 15.1 Å². The number of amides is 1. The van der Waals surface area contributed by atoms with E-state index in [4.69, 9.17) is 25.5 Å². The lowest BCUT2D eigenvalue weighted by Crippen LogP contribution is -2.22. The average Bonchev–Trinajstić information content (AvgIpc) is 3.42. The van der Waals surface area contributed by atoms with Gasteiger partial charge in [0.15, 0.2) is 17.3 Å². The van der Waals surface area contributed by atoms with Gasteiger partial charge < -0.3 is 19.2 Å². The van der Waals surface area contributed by atoms with Gasteiger partial charge in [0, 0.05) is 12.7 Å². The molecular weight excluding hydrogens is 418 g/mol. The Morgan fingerprint density at radius 1 is 1.10 bits per heavy atom. The van der Waals surface area contributed by atoms with E-state index in [0.717, 1.165) is 5.56 Å². The second kappa shape index (κ2) is 9.40. The van der Waals surface area contributed by atoms with Gasteiger partial charge in [-0.25, -0.2) is 0 Å². The summed E-state index contributed by atoms with van der Waals surface area (Å²) in [5.74, 6) is 2.53. The number of aromatic nitrogens is 2. The molecule has 0 aliphatic heterocycles. The lowest BCUT2D eigenvalue weighted by molar-refractivity contribution is 0.0921. The highest BCUT2D eigenvalue weighted by Crippen LogP contribution is 2.30. The van der Waals surface area contributed by atoms with E-state index in [1.165, 1.54) is 0 Å². The molecule has 0 saturated carbocycles. The maximum Gasteiger partial charge on any atom is 0.287 e. The molecule has 0 spiro atoms. The third kappa shape index (κ3) is 5.26. The molecule has 0 aliphatic rings. The lowest BCUT2D eigenvalue weighted by atomic mass is 10.2. The molecule has 1 N–H and O–H groups in total. The van der Waals surface area contributed by atoms with E-state index in [9.17, 15) is 4.79 Å². The Hall–Kier alpha value is -3.71. The first-order valence-electron chi connectivity index (χ1n) is 9.55. The summed E-state index contributed by atoms with van der Waals surface area (Å²) in [5.41, 5.74) is 0.929. The van der Waals surface area contributed by atoms with E-state index in [0.29, 0.717) is 41.1 Å². The van der Waals surface area contributed by atoms with Gasteiger partial charge in [0.2, 0.25) is 0 Å². The van der Waals surface area contributed by atoms with Crippen molar-refractivity contribution in [1.29, 1.82) is 0 Å². The Balaban J connectivity index is 1.31. The molecule has 2 aromatic heterocycles. The lowest BCUT2D eigenvalue weighted by Gasteiger charge is -2.10. The highest BCUT2D eigenvalue weighted by atomic mass is 35.5. The van der Waals surface area contributed by atoms with Crippen LogP contribution in [0.5, 0.6) is 17.2 Å². The van der Waals surface area contributed by atoms with E-state index >= 15 is 0 Å². The molecule has 4 aromatic rings. The van der Waals surface area contributed by atoms with Crippen LogP contribution in [0.2, 0.25) is 5.02 Å². The standard InChI is InChI=1S/C23H20ClN3O4/c1-29-20-4-2-3-5-21(20)30-18-8-6-16(7-9-18)12-25-23(28)22-11-10-19(31-22)15-27-14-17(24)13-26-27/h2-11,13-14H,12,15H2,1H3,(H,25,28). The fourth-order valence-corrected chi connectivity index (χ4v) is 3.10. The van der Waals surface area contributed by atoms with Crippen LogP contribution in [0.3, 0.4) is 0 Å². The normalized spacial score (nSPS) is 10.6. The predicted octanol–water partition coefficient (Wildman–Crippen LogP) is 4.91. The molecule has 0 unspecified atom stereocenters. The molecule has 4 rings (SSSR count). The summed E-state index contributed by atoms with van der Waals surface area (Å²) >= 11 is 5.85. The molecule has 158 valence electrons. The molecule has 7 nitrogen and oxygen atoms in total. The zero-order valence-corrected chi connectivity index (χ0v) is 17.5. The van der Waals surface area contributed by atoms with Crippen LogP contribution < -0.4 is 14.8 Å². The van der Waals surface area contributed by atoms with E-state index in [-0.39, 0.29) is 11.7 Å². The number of benzene rings is 2. The molecule has 0 radical (unpaired) electrons. The first-order valence-corrected chi connectivity index (χ1v) is 9.93. The Morgan fingerprint density at radius 2 is 1.87 bits per heavy atom. The molecule has 0 bridgehead atoms. The molecular formula is C23H20ClN3O4. The number of methoxy groups -OCH3 is 1. The van der Waals surface area contributed by atoms with Crippen LogP contribution in [-0.2, 0) is 13.1 Å². The number of nitrogens with zero attached hydrogens (tertiary/aromatic N) is 2. The van der Waals surface area contributed by atoms with Gasteiger partial charge in [-0.2, -0.15) is 5.10 Å². The number of carbonyl (C=O) groups excluding carboxylic acids is 1. The number of halogens is 1. The Labute approximate surface area is 184 Å². The van der Waals surface area contributed by atoms with E-state index in [1.807, 2.05) is 48.5 Å². The number of nitrogens with one attached hydrogen (secondary N) is 1. The van der Waals surface area contributed by atoms with Gasteiger partial charge in [-0.1, -0.05) is 35.9 Å². The SMILES string of the molecule is COc1ccccc1Oc1ccc(CNC(=O)c2ccc(Cn3cc(Cl)cn3)o2)cc1. The first-order chi connectivity index (χ1) is 15.1. The summed E-state index contributed by atoms with van der Waals surface area (Å²) in [6.45, 7) is 0.756. The predicted molar refractivity (Wildman–Crippen MR) is 116 cm³/mol. The maximum absolute atomic E-state index is 12.4. The van der Waals surface area contributed by atoms with Gasteiger partial charge in [-0.3, -0.25) is 9.48 Å². The first kappa shape index (κ1) is 20.6. The van der Waals surface area contributed by atoms with Crippen LogP contribution in [0.15, 0.2) is 77.5 Å². The van der Waals surface area contributed by atoms with Crippen molar-refractivity contribution in [3.63, 3.8) is 0 Å². The number of hydrogen-bond donors (Lipinski definition) is 1. The summed E-state index contributed by atoms with van der Waals surface area (Å²) in [4.78, 5) is 12.4. The molecule has 0 fully saturated rings. The zero-order chi connectivity index (χ0) is 21.6. The summed E-state index contributed by atoms with van der Waals surface area (Å²) in [7, 11) is 1.60. The van der Waals surface area contributed by atoms with Crippen molar-refractivity contribution in [3.8, 4) is 17.2 Å². The number of carbonyl (C=O) groups is 1. The quantitative estimate of drug-likeness (QED) is 0.423. The average molecular weight is 438 g/mol. The summed E-state index contributed by atoms with van der Waals surface area (Å²) < 4.78 is 18.4. The van der Waals surface area contributed by atoms with Crippen LogP contribution in [0.4, 0.5) is 0 Å². The van der Waals surface area contributed by atoms with Crippen molar-refractivity contribution in [3.05, 3.63) is 95.2 Å². The fraction of sp³-hybridized carbons (Fsp3) is 0.130. The summed E-state index contributed by atoms with van der Waals surface area (Å²) in [6, 6.07) is 18.3. The smallest absolute Gasteiger partial charge is 0.287 e. The van der Waals surface area contributed by atoms with Gasteiger partial charge in [-0.05, 0) is 42.0 Å². The second-order valence-electron chi connectivity index (χ2n) is 6.70. The van der Waals surface area contributed by atoms with Crippen LogP contribution in [0.1, 0.15) is 21.9 Å². The molecule has 31 heavy (non-hydrogen) atoms. The van der Waals surface area contributed by atoms with Crippen molar-refractivity contribution in [2.75, 3.05) is 7.11 Å². The number of ether oxygens (including phenoxy) is 2. The van der Waals surface area contributed by atoms with Crippen LogP contribution in [0, 0.1) is 0 Å². The highest BCUT2D eigenvalue weighted by Gasteiger charge is 2.12. The molecule has 0 aliphatic carbocycles. The van der Waals surface area contributed by atoms with Gasteiger partial charge in [-0.15, -0.1) is 0 Å². The molecule has 8 heteroatoms. The molecule has 2 heterocycles. The molecule has 2 aromatic carbocycles. The monoisotopic (exact) mass is 437 g/mol. The number of para-hydroxylation sites is 2. The molecule has 1 amide bonds. The van der Waals surface area contributed by atoms with Gasteiger partial charge in [0.25, 0.3) is 5.91 Å². The Bertz CT molecular complexity index is 1170. The highest BCUT2D eigenvalue weighted by molar-refractivity contribution is 6.30. The molecule has 0 saturated heterocycles. The summed E-state index contributed by atoms with van der Waals surface area (Å²) in [6.07, 6.45) is 3.23.